The quantitative estimate of drug-likeness (QED) is 0.895. The van der Waals surface area contributed by atoms with Gasteiger partial charge in [-0.15, -0.1) is 35.5 Å². The van der Waals surface area contributed by atoms with Crippen molar-refractivity contribution < 1.29 is 4.79 Å². The molecule has 7 heteroatoms. The van der Waals surface area contributed by atoms with Crippen molar-refractivity contribution >= 4 is 53.0 Å². The van der Waals surface area contributed by atoms with Crippen LogP contribution in [0.5, 0.6) is 0 Å². The summed E-state index contributed by atoms with van der Waals surface area (Å²) in [6, 6.07) is 3.87. The van der Waals surface area contributed by atoms with Gasteiger partial charge in [-0.1, -0.05) is 11.6 Å². The summed E-state index contributed by atoms with van der Waals surface area (Å²) >= 11 is 9.15. The van der Waals surface area contributed by atoms with Crippen LogP contribution in [0.2, 0.25) is 4.34 Å². The third-order valence-electron chi connectivity index (χ3n) is 2.33. The summed E-state index contributed by atoms with van der Waals surface area (Å²) in [5, 5.41) is 6.07. The van der Waals surface area contributed by atoms with E-state index < -0.39 is 0 Å². The molecule has 1 aromatic heterocycles. The Morgan fingerprint density at radius 1 is 1.59 bits per heavy atom. The van der Waals surface area contributed by atoms with Crippen LogP contribution in [0, 0.1) is 0 Å². The van der Waals surface area contributed by atoms with Crippen molar-refractivity contribution in [2.75, 3.05) is 18.2 Å². The topological polar surface area (TPSA) is 41.1 Å². The zero-order valence-electron chi connectivity index (χ0n) is 9.07. The lowest BCUT2D eigenvalue weighted by Gasteiger charge is -2.09. The molecule has 1 unspecified atom stereocenters. The molecule has 2 heterocycles. The van der Waals surface area contributed by atoms with E-state index in [1.807, 2.05) is 12.1 Å². The molecule has 1 aliphatic heterocycles. The van der Waals surface area contributed by atoms with E-state index >= 15 is 0 Å². The monoisotopic (exact) mass is 312 g/mol. The Morgan fingerprint density at radius 2 is 2.41 bits per heavy atom. The van der Waals surface area contributed by atoms with Gasteiger partial charge in [-0.05, 0) is 18.6 Å². The molecule has 1 aliphatic rings. The second kappa shape index (κ2) is 7.48. The van der Waals surface area contributed by atoms with Gasteiger partial charge in [0.25, 0.3) is 0 Å². The van der Waals surface area contributed by atoms with Crippen molar-refractivity contribution in [2.24, 2.45) is 0 Å². The minimum absolute atomic E-state index is 0. The van der Waals surface area contributed by atoms with Gasteiger partial charge in [-0.2, -0.15) is 0 Å². The molecule has 1 fully saturated rings. The lowest BCUT2D eigenvalue weighted by Crippen LogP contribution is -2.42. The molecule has 0 radical (unpaired) electrons. The second-order valence-electron chi connectivity index (χ2n) is 3.52. The maximum atomic E-state index is 11.6. The number of carbonyl (C=O) groups is 1. The van der Waals surface area contributed by atoms with Gasteiger partial charge in [0.1, 0.15) is 0 Å². The van der Waals surface area contributed by atoms with E-state index in [1.54, 1.807) is 23.1 Å². The van der Waals surface area contributed by atoms with Crippen molar-refractivity contribution in [3.05, 3.63) is 21.3 Å². The maximum Gasteiger partial charge on any atom is 0.238 e. The Balaban J connectivity index is 0.00000144. The van der Waals surface area contributed by atoms with E-state index in [0.29, 0.717) is 6.54 Å². The van der Waals surface area contributed by atoms with Gasteiger partial charge in [0.2, 0.25) is 5.91 Å². The van der Waals surface area contributed by atoms with Gasteiger partial charge in [0.05, 0.1) is 10.4 Å². The molecule has 0 aliphatic carbocycles. The molecular formula is C10H14Cl2N2OS2. The summed E-state index contributed by atoms with van der Waals surface area (Å²) < 4.78 is 0.801. The van der Waals surface area contributed by atoms with Crippen LogP contribution in [0.25, 0.3) is 0 Å². The molecule has 96 valence electrons. The number of hydrogen-bond donors (Lipinski definition) is 2. The van der Waals surface area contributed by atoms with Gasteiger partial charge < -0.3 is 5.32 Å². The number of carbonyl (C=O) groups excluding carboxylic acids is 1. The van der Waals surface area contributed by atoms with Crippen LogP contribution in [0.3, 0.4) is 0 Å². The molecule has 0 aromatic carbocycles. The van der Waals surface area contributed by atoms with Crippen molar-refractivity contribution in [2.45, 2.75) is 12.5 Å². The molecule has 1 saturated heterocycles. The predicted octanol–water partition coefficient (Wildman–Crippen LogP) is 2.14. The third kappa shape index (κ3) is 4.67. The fourth-order valence-corrected chi connectivity index (χ4v) is 3.51. The third-order valence-corrected chi connectivity index (χ3v) is 4.56. The van der Waals surface area contributed by atoms with Crippen LogP contribution in [0.1, 0.15) is 4.88 Å². The molecule has 3 nitrogen and oxygen atoms in total. The summed E-state index contributed by atoms with van der Waals surface area (Å²) in [5.74, 6) is 1.85. The normalized spacial score (nSPS) is 18.8. The van der Waals surface area contributed by atoms with Crippen LogP contribution >= 0.6 is 47.1 Å². The SMILES string of the molecule is Cl.O=C(NCCc1ccc(Cl)s1)C1CSCN1. The summed E-state index contributed by atoms with van der Waals surface area (Å²) in [5.41, 5.74) is 0. The minimum atomic E-state index is -0.0167. The van der Waals surface area contributed by atoms with Crippen LogP contribution in [-0.4, -0.2) is 30.1 Å². The molecule has 1 aromatic rings. The first kappa shape index (κ1) is 15.1. The first-order chi connectivity index (χ1) is 7.75. The Labute approximate surface area is 120 Å². The van der Waals surface area contributed by atoms with E-state index in [1.165, 1.54) is 4.88 Å². The maximum absolute atomic E-state index is 11.6. The highest BCUT2D eigenvalue weighted by molar-refractivity contribution is 7.99. The smallest absolute Gasteiger partial charge is 0.238 e. The van der Waals surface area contributed by atoms with Gasteiger partial charge in [-0.3, -0.25) is 10.1 Å². The van der Waals surface area contributed by atoms with Crippen LogP contribution in [0.4, 0.5) is 0 Å². The number of nitrogens with one attached hydrogen (secondary N) is 2. The van der Waals surface area contributed by atoms with E-state index in [4.69, 9.17) is 11.6 Å². The van der Waals surface area contributed by atoms with Crippen molar-refractivity contribution in [1.29, 1.82) is 0 Å². The summed E-state index contributed by atoms with van der Waals surface area (Å²) in [6.45, 7) is 0.679. The molecule has 1 amide bonds. The van der Waals surface area contributed by atoms with E-state index in [-0.39, 0.29) is 24.4 Å². The van der Waals surface area contributed by atoms with E-state index in [0.717, 1.165) is 22.4 Å². The predicted molar refractivity (Wildman–Crippen MR) is 77.5 cm³/mol. The van der Waals surface area contributed by atoms with Crippen molar-refractivity contribution in [3.8, 4) is 0 Å². The summed E-state index contributed by atoms with van der Waals surface area (Å²) in [4.78, 5) is 12.8. The van der Waals surface area contributed by atoms with Crippen LogP contribution in [-0.2, 0) is 11.2 Å². The molecule has 0 saturated carbocycles. The van der Waals surface area contributed by atoms with Gasteiger partial charge in [0, 0.05) is 23.1 Å². The highest BCUT2D eigenvalue weighted by Crippen LogP contribution is 2.21. The highest BCUT2D eigenvalue weighted by Gasteiger charge is 2.21. The first-order valence-corrected chi connectivity index (χ1v) is 7.43. The van der Waals surface area contributed by atoms with Crippen LogP contribution in [0.15, 0.2) is 12.1 Å². The zero-order chi connectivity index (χ0) is 11.4. The molecule has 2 rings (SSSR count). The summed E-state index contributed by atoms with van der Waals surface area (Å²) in [7, 11) is 0. The Bertz CT molecular complexity index is 367. The molecule has 1 atom stereocenters. The molecule has 2 N–H and O–H groups in total. The Morgan fingerprint density at radius 3 is 3.00 bits per heavy atom. The van der Waals surface area contributed by atoms with Crippen LogP contribution < -0.4 is 10.6 Å². The molecule has 0 spiro atoms. The fraction of sp³-hybridized carbons (Fsp3) is 0.500. The van der Waals surface area contributed by atoms with Crippen molar-refractivity contribution in [1.82, 2.24) is 10.6 Å². The van der Waals surface area contributed by atoms with Gasteiger partial charge in [0.15, 0.2) is 0 Å². The van der Waals surface area contributed by atoms with E-state index in [2.05, 4.69) is 10.6 Å². The number of amides is 1. The van der Waals surface area contributed by atoms with Crippen molar-refractivity contribution in [3.63, 3.8) is 0 Å². The Hall–Kier alpha value is 0.0600. The number of halogens is 2. The Kier molecular flexibility index (Phi) is 6.66. The minimum Gasteiger partial charge on any atom is -0.354 e. The lowest BCUT2D eigenvalue weighted by molar-refractivity contribution is -0.122. The lowest BCUT2D eigenvalue weighted by atomic mass is 10.3. The first-order valence-electron chi connectivity index (χ1n) is 5.09. The average Bonchev–Trinajstić information content (AvgIpc) is 2.89. The van der Waals surface area contributed by atoms with Gasteiger partial charge in [-0.25, -0.2) is 0 Å². The highest BCUT2D eigenvalue weighted by atomic mass is 35.5. The number of thiophene rings is 1. The largest absolute Gasteiger partial charge is 0.354 e. The molecule has 0 bridgehead atoms. The average molecular weight is 313 g/mol. The molecular weight excluding hydrogens is 299 g/mol. The van der Waals surface area contributed by atoms with Gasteiger partial charge >= 0.3 is 0 Å². The zero-order valence-corrected chi connectivity index (χ0v) is 12.3. The molecule has 17 heavy (non-hydrogen) atoms. The number of hydrogen-bond acceptors (Lipinski definition) is 4. The second-order valence-corrected chi connectivity index (χ2v) is 6.35. The summed E-state index contributed by atoms with van der Waals surface area (Å²) in [6.07, 6.45) is 0.850. The fourth-order valence-electron chi connectivity index (χ4n) is 1.48. The number of thioether (sulfide) groups is 1. The van der Waals surface area contributed by atoms with E-state index in [9.17, 15) is 4.79 Å². The standard InChI is InChI=1S/C10H13ClN2OS2.ClH/c11-9-2-1-7(16-9)3-4-12-10(14)8-5-15-6-13-8;/h1-2,8,13H,3-6H2,(H,12,14);1H. The number of rotatable bonds is 4.